The third kappa shape index (κ3) is 4.66. The van der Waals surface area contributed by atoms with Gasteiger partial charge in [-0.3, -0.25) is 0 Å². The summed E-state index contributed by atoms with van der Waals surface area (Å²) in [7, 11) is 0. The van der Waals surface area contributed by atoms with Crippen LogP contribution < -0.4 is 4.74 Å². The summed E-state index contributed by atoms with van der Waals surface area (Å²) in [5, 5.41) is 0. The van der Waals surface area contributed by atoms with Crippen molar-refractivity contribution in [2.24, 2.45) is 0 Å². The zero-order chi connectivity index (χ0) is 14.5. The summed E-state index contributed by atoms with van der Waals surface area (Å²) in [6, 6.07) is 4.31. The van der Waals surface area contributed by atoms with Gasteiger partial charge in [0, 0.05) is 6.61 Å². The summed E-state index contributed by atoms with van der Waals surface area (Å²) in [6.45, 7) is 13.3. The van der Waals surface area contributed by atoms with Crippen molar-refractivity contribution in [2.75, 3.05) is 13.4 Å². The van der Waals surface area contributed by atoms with Gasteiger partial charge >= 0.3 is 0 Å². The van der Waals surface area contributed by atoms with E-state index in [9.17, 15) is 0 Å². The molecule has 1 aromatic rings. The molecule has 0 amide bonds. The summed E-state index contributed by atoms with van der Waals surface area (Å²) >= 11 is 3.60. The first-order chi connectivity index (χ1) is 8.90. The fraction of sp³-hybridized carbons (Fsp3) is 0.500. The molecule has 0 saturated carbocycles. The summed E-state index contributed by atoms with van der Waals surface area (Å²) in [5.41, 5.74) is 2.52. The highest BCUT2D eigenvalue weighted by Gasteiger charge is 2.18. The Labute approximate surface area is 124 Å². The Hall–Kier alpha value is -0.800. The summed E-state index contributed by atoms with van der Waals surface area (Å²) in [6.07, 6.45) is 2.67. The van der Waals surface area contributed by atoms with Crippen LogP contribution in [0.4, 0.5) is 0 Å². The first kappa shape index (κ1) is 16.3. The lowest BCUT2D eigenvalue weighted by Crippen LogP contribution is -2.13. The monoisotopic (exact) mass is 326 g/mol. The summed E-state index contributed by atoms with van der Waals surface area (Å²) in [5.74, 6) is 0.848. The number of halogens is 1. The van der Waals surface area contributed by atoms with E-state index >= 15 is 0 Å². The molecule has 0 fully saturated rings. The third-order valence-corrected chi connectivity index (χ3v) is 3.43. The van der Waals surface area contributed by atoms with Gasteiger partial charge in [-0.1, -0.05) is 32.9 Å². The zero-order valence-corrected chi connectivity index (χ0v) is 13.8. The van der Waals surface area contributed by atoms with Gasteiger partial charge in [0.05, 0.1) is 4.47 Å². The van der Waals surface area contributed by atoms with E-state index in [0.717, 1.165) is 22.2 Å². The molecular weight excluding hydrogens is 304 g/mol. The maximum Gasteiger partial charge on any atom is 0.189 e. The molecule has 0 heterocycles. The van der Waals surface area contributed by atoms with Gasteiger partial charge in [-0.15, -0.1) is 6.58 Å². The van der Waals surface area contributed by atoms with Gasteiger partial charge in [0.25, 0.3) is 0 Å². The maximum atomic E-state index is 5.71. The van der Waals surface area contributed by atoms with Crippen LogP contribution in [-0.4, -0.2) is 13.4 Å². The molecule has 0 aromatic heterocycles. The molecule has 3 heteroatoms. The predicted molar refractivity (Wildman–Crippen MR) is 83.9 cm³/mol. The van der Waals surface area contributed by atoms with Crippen molar-refractivity contribution in [3.63, 3.8) is 0 Å². The lowest BCUT2D eigenvalue weighted by Gasteiger charge is -2.22. The Bertz CT molecular complexity index is 433. The minimum Gasteiger partial charge on any atom is -0.466 e. The van der Waals surface area contributed by atoms with E-state index in [1.54, 1.807) is 0 Å². The number of benzene rings is 1. The topological polar surface area (TPSA) is 18.5 Å². The highest BCUT2D eigenvalue weighted by Crippen LogP contribution is 2.35. The highest BCUT2D eigenvalue weighted by atomic mass is 79.9. The zero-order valence-electron chi connectivity index (χ0n) is 12.3. The van der Waals surface area contributed by atoms with Crippen LogP contribution >= 0.6 is 15.9 Å². The molecule has 2 nitrogen and oxygen atoms in total. The molecule has 19 heavy (non-hydrogen) atoms. The second-order valence-corrected chi connectivity index (χ2v) is 6.30. The Kier molecular flexibility index (Phi) is 6.08. The van der Waals surface area contributed by atoms with Crippen LogP contribution in [0, 0.1) is 0 Å². The van der Waals surface area contributed by atoms with Crippen LogP contribution in [0.2, 0.25) is 0 Å². The number of hydrogen-bond donors (Lipinski definition) is 0. The van der Waals surface area contributed by atoms with Crippen LogP contribution in [-0.2, 0) is 16.6 Å². The van der Waals surface area contributed by atoms with Crippen molar-refractivity contribution in [1.82, 2.24) is 0 Å². The van der Waals surface area contributed by atoms with Gasteiger partial charge in [0.1, 0.15) is 5.75 Å². The number of hydrogen-bond acceptors (Lipinski definition) is 2. The third-order valence-electron chi connectivity index (χ3n) is 2.84. The van der Waals surface area contributed by atoms with E-state index in [4.69, 9.17) is 9.47 Å². The van der Waals surface area contributed by atoms with Crippen LogP contribution in [0.5, 0.6) is 5.75 Å². The van der Waals surface area contributed by atoms with E-state index in [1.807, 2.05) is 13.0 Å². The number of allylic oxidation sites excluding steroid dienone is 1. The van der Waals surface area contributed by atoms with Gasteiger partial charge in [-0.2, -0.15) is 0 Å². The summed E-state index contributed by atoms with van der Waals surface area (Å²) in [4.78, 5) is 0. The molecule has 1 rings (SSSR count). The molecule has 0 radical (unpaired) electrons. The van der Waals surface area contributed by atoms with Crippen LogP contribution in [0.25, 0.3) is 0 Å². The van der Waals surface area contributed by atoms with Crippen LogP contribution in [0.1, 0.15) is 38.8 Å². The Morgan fingerprint density at radius 3 is 2.53 bits per heavy atom. The van der Waals surface area contributed by atoms with E-state index in [1.165, 1.54) is 5.56 Å². The van der Waals surface area contributed by atoms with Crippen molar-refractivity contribution < 1.29 is 9.47 Å². The van der Waals surface area contributed by atoms with Gasteiger partial charge in [0.2, 0.25) is 0 Å². The molecule has 0 unspecified atom stereocenters. The van der Waals surface area contributed by atoms with Gasteiger partial charge in [-0.05, 0) is 51.9 Å². The second kappa shape index (κ2) is 7.11. The van der Waals surface area contributed by atoms with Gasteiger partial charge in [-0.25, -0.2) is 0 Å². The first-order valence-electron chi connectivity index (χ1n) is 6.54. The Morgan fingerprint density at radius 2 is 2.00 bits per heavy atom. The van der Waals surface area contributed by atoms with Crippen LogP contribution in [0.15, 0.2) is 29.3 Å². The molecule has 0 aliphatic heterocycles. The van der Waals surface area contributed by atoms with Gasteiger partial charge < -0.3 is 9.47 Å². The average Bonchev–Trinajstić information content (AvgIpc) is 2.31. The van der Waals surface area contributed by atoms with Crippen molar-refractivity contribution in [3.8, 4) is 5.75 Å². The second-order valence-electron chi connectivity index (χ2n) is 5.44. The molecule has 106 valence electrons. The minimum atomic E-state index is 0.108. The normalized spacial score (nSPS) is 11.4. The van der Waals surface area contributed by atoms with Crippen molar-refractivity contribution in [3.05, 3.63) is 40.4 Å². The van der Waals surface area contributed by atoms with Crippen LogP contribution in [0.3, 0.4) is 0 Å². The van der Waals surface area contributed by atoms with Crippen molar-refractivity contribution >= 4 is 15.9 Å². The highest BCUT2D eigenvalue weighted by molar-refractivity contribution is 9.10. The standard InChI is InChI=1S/C16H23BrO2/c1-6-8-12-9-13(16(3,4)5)10-14(17)15(12)19-11-18-7-2/h6,9-10H,1,7-8,11H2,2-5H3. The molecule has 0 atom stereocenters. The van der Waals surface area contributed by atoms with Crippen molar-refractivity contribution in [1.29, 1.82) is 0 Å². The lowest BCUT2D eigenvalue weighted by atomic mass is 9.85. The smallest absolute Gasteiger partial charge is 0.189 e. The Balaban J connectivity index is 3.11. The maximum absolute atomic E-state index is 5.71. The Morgan fingerprint density at radius 1 is 1.32 bits per heavy atom. The number of rotatable bonds is 6. The molecule has 0 bridgehead atoms. The van der Waals surface area contributed by atoms with E-state index < -0.39 is 0 Å². The van der Waals surface area contributed by atoms with Gasteiger partial charge in [0.15, 0.2) is 6.79 Å². The largest absolute Gasteiger partial charge is 0.466 e. The van der Waals surface area contributed by atoms with Crippen molar-refractivity contribution in [2.45, 2.75) is 39.5 Å². The molecule has 0 spiro atoms. The quantitative estimate of drug-likeness (QED) is 0.422. The van der Waals surface area contributed by atoms with E-state index in [0.29, 0.717) is 6.61 Å². The molecule has 0 saturated heterocycles. The molecule has 0 N–H and O–H groups in total. The minimum absolute atomic E-state index is 0.108. The van der Waals surface area contributed by atoms with E-state index in [2.05, 4.69) is 55.4 Å². The molecule has 0 aliphatic rings. The molecular formula is C16H23BrO2. The first-order valence-corrected chi connectivity index (χ1v) is 7.33. The molecule has 1 aromatic carbocycles. The number of ether oxygens (including phenoxy) is 2. The predicted octanol–water partition coefficient (Wildman–Crippen LogP) is 4.85. The molecule has 0 aliphatic carbocycles. The fourth-order valence-electron chi connectivity index (χ4n) is 1.74. The average molecular weight is 327 g/mol. The summed E-state index contributed by atoms with van der Waals surface area (Å²) < 4.78 is 11.9. The van der Waals surface area contributed by atoms with E-state index in [-0.39, 0.29) is 12.2 Å². The fourth-order valence-corrected chi connectivity index (χ4v) is 2.35. The lowest BCUT2D eigenvalue weighted by molar-refractivity contribution is 0.0214. The SMILES string of the molecule is C=CCc1cc(C(C)(C)C)cc(Br)c1OCOCC.